The summed E-state index contributed by atoms with van der Waals surface area (Å²) in [6, 6.07) is 2.05. The third-order valence-electron chi connectivity index (χ3n) is 1.54. The maximum atomic E-state index is 3.64. The molecule has 2 heteroatoms. The van der Waals surface area contributed by atoms with E-state index in [-0.39, 0.29) is 0 Å². The SMILES string of the molecule is CC(C)N[SiH](C)CC(C)(C)C. The van der Waals surface area contributed by atoms with Crippen molar-refractivity contribution in [3.05, 3.63) is 0 Å². The van der Waals surface area contributed by atoms with E-state index in [1.54, 1.807) is 0 Å². The molecule has 0 rings (SSSR count). The normalized spacial score (nSPS) is 15.5. The summed E-state index contributed by atoms with van der Waals surface area (Å²) in [5.41, 5.74) is 0.507. The smallest absolute Gasteiger partial charge is 0.106 e. The quantitative estimate of drug-likeness (QED) is 0.646. The number of hydrogen-bond acceptors (Lipinski definition) is 1. The van der Waals surface area contributed by atoms with Crippen LogP contribution >= 0.6 is 0 Å². The summed E-state index contributed by atoms with van der Waals surface area (Å²) in [5.74, 6) is 0. The lowest BCUT2D eigenvalue weighted by Crippen LogP contribution is -2.38. The minimum atomic E-state index is -0.635. The van der Waals surface area contributed by atoms with Crippen molar-refractivity contribution in [1.29, 1.82) is 0 Å². The van der Waals surface area contributed by atoms with Gasteiger partial charge in [0.05, 0.1) is 0 Å². The van der Waals surface area contributed by atoms with E-state index in [2.05, 4.69) is 46.1 Å². The van der Waals surface area contributed by atoms with E-state index in [9.17, 15) is 0 Å². The highest BCUT2D eigenvalue weighted by Gasteiger charge is 2.16. The van der Waals surface area contributed by atoms with Crippen molar-refractivity contribution < 1.29 is 0 Å². The summed E-state index contributed by atoms with van der Waals surface area (Å²) in [6.07, 6.45) is 0. The van der Waals surface area contributed by atoms with Gasteiger partial charge in [-0.15, -0.1) is 0 Å². The Hall–Kier alpha value is 0.177. The Morgan fingerprint density at radius 2 is 1.73 bits per heavy atom. The lowest BCUT2D eigenvalue weighted by atomic mass is 10.0. The first kappa shape index (κ1) is 11.2. The van der Waals surface area contributed by atoms with Crippen LogP contribution in [0, 0.1) is 5.41 Å². The molecule has 0 saturated heterocycles. The molecule has 0 aliphatic rings. The minimum absolute atomic E-state index is 0.507. The molecule has 0 fully saturated rings. The van der Waals surface area contributed by atoms with Gasteiger partial charge in [-0.2, -0.15) is 0 Å². The van der Waals surface area contributed by atoms with Crippen LogP contribution in [0.3, 0.4) is 0 Å². The van der Waals surface area contributed by atoms with E-state index in [1.165, 1.54) is 6.04 Å². The van der Waals surface area contributed by atoms with Gasteiger partial charge in [0.2, 0.25) is 0 Å². The van der Waals surface area contributed by atoms with Crippen molar-refractivity contribution in [2.24, 2.45) is 5.41 Å². The van der Waals surface area contributed by atoms with Crippen molar-refractivity contribution in [2.45, 2.75) is 53.3 Å². The summed E-state index contributed by atoms with van der Waals surface area (Å²) in [4.78, 5) is 3.64. The topological polar surface area (TPSA) is 12.0 Å². The summed E-state index contributed by atoms with van der Waals surface area (Å²) < 4.78 is 0. The average Bonchev–Trinajstić information content (AvgIpc) is 1.53. The van der Waals surface area contributed by atoms with E-state index in [0.29, 0.717) is 11.5 Å². The fraction of sp³-hybridized carbons (Fsp3) is 1.00. The molecule has 0 bridgehead atoms. The Morgan fingerprint density at radius 3 is 2.00 bits per heavy atom. The van der Waals surface area contributed by atoms with E-state index in [0.717, 1.165) is 0 Å². The van der Waals surface area contributed by atoms with E-state index in [1.807, 2.05) is 0 Å². The Morgan fingerprint density at radius 1 is 1.27 bits per heavy atom. The maximum absolute atomic E-state index is 3.64. The van der Waals surface area contributed by atoms with E-state index >= 15 is 0 Å². The molecule has 0 aromatic rings. The van der Waals surface area contributed by atoms with Gasteiger partial charge in [0, 0.05) is 0 Å². The fourth-order valence-corrected chi connectivity index (χ4v) is 4.64. The lowest BCUT2D eigenvalue weighted by Gasteiger charge is -2.24. The zero-order valence-corrected chi connectivity index (χ0v) is 10.0. The summed E-state index contributed by atoms with van der Waals surface area (Å²) in [5, 5.41) is 0. The monoisotopic (exact) mass is 173 g/mol. The zero-order valence-electron chi connectivity index (χ0n) is 8.86. The lowest BCUT2D eigenvalue weighted by molar-refractivity contribution is 0.460. The highest BCUT2D eigenvalue weighted by molar-refractivity contribution is 6.54. The predicted molar refractivity (Wildman–Crippen MR) is 55.5 cm³/mol. The summed E-state index contributed by atoms with van der Waals surface area (Å²) in [7, 11) is -0.635. The molecular weight excluding hydrogens is 150 g/mol. The third kappa shape index (κ3) is 8.08. The molecule has 0 aromatic carbocycles. The predicted octanol–water partition coefficient (Wildman–Crippen LogP) is 2.38. The molecular formula is C9H23NSi. The second-order valence-electron chi connectivity index (χ2n) is 4.99. The van der Waals surface area contributed by atoms with Crippen molar-refractivity contribution >= 4 is 8.96 Å². The van der Waals surface area contributed by atoms with Gasteiger partial charge in [-0.05, 0) is 17.5 Å². The summed E-state index contributed by atoms with van der Waals surface area (Å²) in [6.45, 7) is 13.8. The molecule has 0 aliphatic carbocycles. The van der Waals surface area contributed by atoms with Gasteiger partial charge in [-0.3, -0.25) is 0 Å². The van der Waals surface area contributed by atoms with Crippen LogP contribution in [0.5, 0.6) is 0 Å². The molecule has 0 aliphatic heterocycles. The highest BCUT2D eigenvalue weighted by Crippen LogP contribution is 2.20. The van der Waals surface area contributed by atoms with Crippen LogP contribution in [0.4, 0.5) is 0 Å². The Labute approximate surface area is 73.3 Å². The van der Waals surface area contributed by atoms with Crippen LogP contribution in [0.15, 0.2) is 0 Å². The second kappa shape index (κ2) is 4.26. The first-order chi connectivity index (χ1) is 4.81. The molecule has 0 spiro atoms. The van der Waals surface area contributed by atoms with Crippen molar-refractivity contribution in [1.82, 2.24) is 4.98 Å². The molecule has 0 radical (unpaired) electrons. The Bertz CT molecular complexity index is 105. The second-order valence-corrected chi connectivity index (χ2v) is 7.53. The standard InChI is InChI=1S/C9H23NSi/c1-8(2)10-11(6)7-9(3,4)5/h8,10-11H,7H2,1-6H3. The number of rotatable bonds is 3. The van der Waals surface area contributed by atoms with E-state index < -0.39 is 8.96 Å². The zero-order chi connectivity index (χ0) is 9.07. The molecule has 0 saturated carbocycles. The van der Waals surface area contributed by atoms with Crippen LogP contribution in [0.25, 0.3) is 0 Å². The average molecular weight is 173 g/mol. The molecule has 0 heterocycles. The molecule has 68 valence electrons. The van der Waals surface area contributed by atoms with Gasteiger partial charge >= 0.3 is 0 Å². The molecule has 1 unspecified atom stereocenters. The largest absolute Gasteiger partial charge is 0.337 e. The van der Waals surface area contributed by atoms with Crippen LogP contribution < -0.4 is 4.98 Å². The Kier molecular flexibility index (Phi) is 4.33. The van der Waals surface area contributed by atoms with Crippen LogP contribution in [-0.4, -0.2) is 15.0 Å². The van der Waals surface area contributed by atoms with Gasteiger partial charge in [-0.1, -0.05) is 41.2 Å². The fourth-order valence-electron chi connectivity index (χ4n) is 1.55. The molecule has 0 amide bonds. The van der Waals surface area contributed by atoms with Crippen molar-refractivity contribution in [2.75, 3.05) is 0 Å². The van der Waals surface area contributed by atoms with Crippen LogP contribution in [-0.2, 0) is 0 Å². The summed E-state index contributed by atoms with van der Waals surface area (Å²) >= 11 is 0. The molecule has 11 heavy (non-hydrogen) atoms. The highest BCUT2D eigenvalue weighted by atomic mass is 28.3. The molecule has 1 nitrogen and oxygen atoms in total. The van der Waals surface area contributed by atoms with Gasteiger partial charge in [-0.25, -0.2) is 0 Å². The van der Waals surface area contributed by atoms with Crippen LogP contribution in [0.1, 0.15) is 34.6 Å². The number of nitrogens with one attached hydrogen (secondary N) is 1. The van der Waals surface area contributed by atoms with E-state index in [4.69, 9.17) is 0 Å². The molecule has 1 N–H and O–H groups in total. The molecule has 1 atom stereocenters. The van der Waals surface area contributed by atoms with Crippen LogP contribution in [0.2, 0.25) is 12.6 Å². The van der Waals surface area contributed by atoms with Crippen molar-refractivity contribution in [3.63, 3.8) is 0 Å². The Balaban J connectivity index is 3.61. The van der Waals surface area contributed by atoms with Gasteiger partial charge in [0.25, 0.3) is 0 Å². The first-order valence-electron chi connectivity index (χ1n) is 4.57. The molecule has 0 aromatic heterocycles. The minimum Gasteiger partial charge on any atom is -0.337 e. The van der Waals surface area contributed by atoms with Gasteiger partial charge in [0.15, 0.2) is 0 Å². The van der Waals surface area contributed by atoms with Crippen molar-refractivity contribution in [3.8, 4) is 0 Å². The first-order valence-corrected chi connectivity index (χ1v) is 7.12. The number of hydrogen-bond donors (Lipinski definition) is 1. The third-order valence-corrected chi connectivity index (χ3v) is 4.61. The van der Waals surface area contributed by atoms with Gasteiger partial charge in [0.1, 0.15) is 8.96 Å². The van der Waals surface area contributed by atoms with Gasteiger partial charge < -0.3 is 4.98 Å². The maximum Gasteiger partial charge on any atom is 0.106 e.